The number of thiophene rings is 1. The second kappa shape index (κ2) is 4.94. The first-order chi connectivity index (χ1) is 9.19. The van der Waals surface area contributed by atoms with Crippen LogP contribution in [0.4, 0.5) is 11.8 Å². The van der Waals surface area contributed by atoms with E-state index in [0.717, 1.165) is 35.6 Å². The van der Waals surface area contributed by atoms with Crippen molar-refractivity contribution >= 4 is 33.3 Å². The molecule has 102 valence electrons. The fraction of sp³-hybridized carbons (Fsp3) is 0.538. The minimum atomic E-state index is 0.215. The minimum Gasteiger partial charge on any atom is -0.375 e. The van der Waals surface area contributed by atoms with Gasteiger partial charge in [-0.15, -0.1) is 11.3 Å². The Labute approximate surface area is 116 Å². The number of morpholine rings is 1. The van der Waals surface area contributed by atoms with Gasteiger partial charge in [-0.3, -0.25) is 0 Å². The summed E-state index contributed by atoms with van der Waals surface area (Å²) in [6.07, 6.45) is 1.25. The van der Waals surface area contributed by atoms with Crippen molar-refractivity contribution in [2.24, 2.45) is 0 Å². The number of hydrogen-bond acceptors (Lipinski definition) is 6. The predicted octanol–water partition coefficient (Wildman–Crippen LogP) is 2.28. The van der Waals surface area contributed by atoms with Gasteiger partial charge in [-0.25, -0.2) is 4.98 Å². The van der Waals surface area contributed by atoms with Crippen LogP contribution in [0.15, 0.2) is 11.4 Å². The third kappa shape index (κ3) is 2.26. The highest BCUT2D eigenvalue weighted by atomic mass is 32.1. The number of nitrogens with zero attached hydrogens (tertiary/aromatic N) is 3. The lowest BCUT2D eigenvalue weighted by Crippen LogP contribution is -2.49. The maximum Gasteiger partial charge on any atom is 0.223 e. The van der Waals surface area contributed by atoms with Crippen LogP contribution >= 0.6 is 11.3 Å². The maximum atomic E-state index is 5.84. The highest BCUT2D eigenvalue weighted by Crippen LogP contribution is 2.31. The molecule has 1 aliphatic heterocycles. The Morgan fingerprint density at radius 3 is 3.16 bits per heavy atom. The van der Waals surface area contributed by atoms with Gasteiger partial charge in [-0.2, -0.15) is 4.98 Å². The van der Waals surface area contributed by atoms with E-state index in [2.05, 4.69) is 34.8 Å². The first-order valence-electron chi connectivity index (χ1n) is 6.58. The summed E-state index contributed by atoms with van der Waals surface area (Å²) >= 11 is 1.60. The second-order valence-electron chi connectivity index (χ2n) is 4.90. The third-order valence-electron chi connectivity index (χ3n) is 3.53. The zero-order valence-electron chi connectivity index (χ0n) is 11.2. The van der Waals surface area contributed by atoms with Gasteiger partial charge in [0.1, 0.15) is 10.6 Å². The highest BCUT2D eigenvalue weighted by molar-refractivity contribution is 7.16. The predicted molar refractivity (Wildman–Crippen MR) is 78.7 cm³/mol. The van der Waals surface area contributed by atoms with Crippen LogP contribution in [-0.4, -0.2) is 35.3 Å². The van der Waals surface area contributed by atoms with E-state index in [4.69, 9.17) is 10.5 Å². The molecule has 6 heteroatoms. The van der Waals surface area contributed by atoms with Crippen LogP contribution in [0.1, 0.15) is 20.3 Å². The molecule has 0 amide bonds. The van der Waals surface area contributed by atoms with E-state index in [-0.39, 0.29) is 6.10 Å². The molecule has 5 nitrogen and oxygen atoms in total. The molecule has 1 saturated heterocycles. The average Bonchev–Trinajstić information content (AvgIpc) is 2.85. The molecule has 3 heterocycles. The Hall–Kier alpha value is -1.40. The summed E-state index contributed by atoms with van der Waals surface area (Å²) in [5, 5.41) is 3.12. The number of fused-ring (bicyclic) bond motifs is 1. The summed E-state index contributed by atoms with van der Waals surface area (Å²) in [4.78, 5) is 12.0. The smallest absolute Gasteiger partial charge is 0.223 e. The first kappa shape index (κ1) is 12.6. The van der Waals surface area contributed by atoms with Crippen molar-refractivity contribution in [1.29, 1.82) is 0 Å². The van der Waals surface area contributed by atoms with Crippen molar-refractivity contribution < 1.29 is 4.74 Å². The van der Waals surface area contributed by atoms with Crippen molar-refractivity contribution in [3.8, 4) is 0 Å². The lowest BCUT2D eigenvalue weighted by atomic mass is 10.1. The van der Waals surface area contributed by atoms with Gasteiger partial charge in [0.15, 0.2) is 0 Å². The Morgan fingerprint density at radius 1 is 1.53 bits per heavy atom. The number of nitrogens with two attached hydrogens (primary N) is 1. The number of nitrogen functional groups attached to an aromatic ring is 1. The molecule has 1 aliphatic rings. The SMILES string of the molecule is CCC1COC(C)CN1c1nc(N)nc2sccc12. The molecule has 0 aliphatic carbocycles. The van der Waals surface area contributed by atoms with Crippen molar-refractivity contribution in [2.75, 3.05) is 23.8 Å². The van der Waals surface area contributed by atoms with Crippen molar-refractivity contribution in [1.82, 2.24) is 9.97 Å². The zero-order chi connectivity index (χ0) is 13.4. The molecule has 0 bridgehead atoms. The van der Waals surface area contributed by atoms with Crippen molar-refractivity contribution in [3.63, 3.8) is 0 Å². The van der Waals surface area contributed by atoms with Crippen LogP contribution in [-0.2, 0) is 4.74 Å². The molecule has 2 aromatic rings. The van der Waals surface area contributed by atoms with E-state index in [9.17, 15) is 0 Å². The van der Waals surface area contributed by atoms with Crippen LogP contribution in [0.2, 0.25) is 0 Å². The molecule has 0 spiro atoms. The zero-order valence-corrected chi connectivity index (χ0v) is 12.0. The molecule has 3 rings (SSSR count). The molecule has 2 N–H and O–H groups in total. The van der Waals surface area contributed by atoms with Gasteiger partial charge >= 0.3 is 0 Å². The van der Waals surface area contributed by atoms with Gasteiger partial charge in [0.25, 0.3) is 0 Å². The second-order valence-corrected chi connectivity index (χ2v) is 5.80. The third-order valence-corrected chi connectivity index (χ3v) is 4.34. The fourth-order valence-corrected chi connectivity index (χ4v) is 3.28. The summed E-state index contributed by atoms with van der Waals surface area (Å²) in [6.45, 7) is 5.85. The standard InChI is InChI=1S/C13H18N4OS/c1-3-9-7-18-8(2)6-17(9)11-10-4-5-19-12(10)16-13(14)15-11/h4-5,8-9H,3,6-7H2,1-2H3,(H2,14,15,16). The minimum absolute atomic E-state index is 0.215. The molecule has 0 radical (unpaired) electrons. The quantitative estimate of drug-likeness (QED) is 0.913. The Bertz CT molecular complexity index is 585. The van der Waals surface area contributed by atoms with E-state index in [1.54, 1.807) is 11.3 Å². The van der Waals surface area contributed by atoms with E-state index in [1.807, 2.05) is 5.38 Å². The van der Waals surface area contributed by atoms with Crippen LogP contribution in [0.3, 0.4) is 0 Å². The summed E-state index contributed by atoms with van der Waals surface area (Å²) in [6, 6.07) is 2.43. The van der Waals surface area contributed by atoms with Crippen molar-refractivity contribution in [3.05, 3.63) is 11.4 Å². The largest absolute Gasteiger partial charge is 0.375 e. The van der Waals surface area contributed by atoms with E-state index in [0.29, 0.717) is 12.0 Å². The molecule has 1 fully saturated rings. The Balaban J connectivity index is 2.08. The molecule has 2 atom stereocenters. The van der Waals surface area contributed by atoms with Gasteiger partial charge in [-0.1, -0.05) is 6.92 Å². The van der Waals surface area contributed by atoms with Crippen LogP contribution in [0, 0.1) is 0 Å². The topological polar surface area (TPSA) is 64.3 Å². The molecular formula is C13H18N4OS. The van der Waals surface area contributed by atoms with Gasteiger partial charge in [0.2, 0.25) is 5.95 Å². The maximum absolute atomic E-state index is 5.84. The van der Waals surface area contributed by atoms with Crippen LogP contribution in [0.25, 0.3) is 10.2 Å². The van der Waals surface area contributed by atoms with Crippen LogP contribution < -0.4 is 10.6 Å². The number of rotatable bonds is 2. The number of anilines is 2. The fourth-order valence-electron chi connectivity index (χ4n) is 2.52. The van der Waals surface area contributed by atoms with Gasteiger partial charge in [-0.05, 0) is 24.8 Å². The lowest BCUT2D eigenvalue weighted by molar-refractivity contribution is 0.0297. The Kier molecular flexibility index (Phi) is 3.28. The average molecular weight is 278 g/mol. The van der Waals surface area contributed by atoms with E-state index >= 15 is 0 Å². The van der Waals surface area contributed by atoms with Gasteiger partial charge in [0, 0.05) is 6.54 Å². The monoisotopic (exact) mass is 278 g/mol. The molecular weight excluding hydrogens is 260 g/mol. The van der Waals surface area contributed by atoms with Crippen molar-refractivity contribution in [2.45, 2.75) is 32.4 Å². The molecule has 2 unspecified atom stereocenters. The molecule has 0 aromatic carbocycles. The molecule has 0 saturated carbocycles. The van der Waals surface area contributed by atoms with Gasteiger partial charge < -0.3 is 15.4 Å². The first-order valence-corrected chi connectivity index (χ1v) is 7.46. The molecule has 2 aromatic heterocycles. The number of hydrogen-bond donors (Lipinski definition) is 1. The van der Waals surface area contributed by atoms with E-state index in [1.165, 1.54) is 0 Å². The van der Waals surface area contributed by atoms with Crippen LogP contribution in [0.5, 0.6) is 0 Å². The highest BCUT2D eigenvalue weighted by Gasteiger charge is 2.28. The van der Waals surface area contributed by atoms with E-state index < -0.39 is 0 Å². The lowest BCUT2D eigenvalue weighted by Gasteiger charge is -2.39. The summed E-state index contributed by atoms with van der Waals surface area (Å²) in [5.41, 5.74) is 5.84. The summed E-state index contributed by atoms with van der Waals surface area (Å²) < 4.78 is 5.74. The normalized spacial score (nSPS) is 24.0. The van der Waals surface area contributed by atoms with Gasteiger partial charge in [0.05, 0.1) is 24.1 Å². The summed E-state index contributed by atoms with van der Waals surface area (Å²) in [5.74, 6) is 1.30. The number of aromatic nitrogens is 2. The summed E-state index contributed by atoms with van der Waals surface area (Å²) in [7, 11) is 0. The molecule has 19 heavy (non-hydrogen) atoms. The number of ether oxygens (including phenoxy) is 1. The Morgan fingerprint density at radius 2 is 2.37 bits per heavy atom.